The fourth-order valence-corrected chi connectivity index (χ4v) is 13.9. The molecule has 0 radical (unpaired) electrons. The third-order valence-corrected chi connectivity index (χ3v) is 14.9. The van der Waals surface area contributed by atoms with Crippen LogP contribution in [0.15, 0.2) is 0 Å². The Labute approximate surface area is 267 Å². The number of hydrogen-bond acceptors (Lipinski definition) is 8. The van der Waals surface area contributed by atoms with Gasteiger partial charge in [-0.1, -0.05) is 6.92 Å². The lowest BCUT2D eigenvalue weighted by Gasteiger charge is -2.58. The number of fused-ring (bicyclic) bond motifs is 2. The standard InChI is InChI=1S/C37H54O8/c1-2-34(12-23-4-24(13-34)11-29(38)10-23)32(39)42-18-30-31(45-37(44-30)27-6-21-3-22(8-27)9-28(37)7-21)19-43-33(40)35-14-25-5-26(15-35)17-36(41,16-25)20-35/h21-31,38,41H,2-20H2,1H3. The third kappa shape index (κ3) is 4.80. The number of hydrogen-bond donors (Lipinski definition) is 2. The Morgan fingerprint density at radius 1 is 0.667 bits per heavy atom. The van der Waals surface area contributed by atoms with Crippen LogP contribution in [0.4, 0.5) is 0 Å². The Kier molecular flexibility index (Phi) is 6.90. The molecule has 250 valence electrons. The molecule has 1 spiro atoms. The maximum Gasteiger partial charge on any atom is 0.312 e. The fourth-order valence-electron chi connectivity index (χ4n) is 13.9. The lowest BCUT2D eigenvalue weighted by Crippen LogP contribution is -2.59. The Balaban J connectivity index is 0.918. The van der Waals surface area contributed by atoms with Gasteiger partial charge in [0, 0.05) is 11.8 Å². The van der Waals surface area contributed by atoms with E-state index in [0.717, 1.165) is 108 Å². The van der Waals surface area contributed by atoms with E-state index >= 15 is 0 Å². The molecule has 0 aromatic carbocycles. The van der Waals surface area contributed by atoms with Crippen LogP contribution in [-0.4, -0.2) is 65.1 Å². The Bertz CT molecular complexity index is 1150. The minimum atomic E-state index is -0.720. The summed E-state index contributed by atoms with van der Waals surface area (Å²) in [6, 6.07) is 0. The molecule has 11 rings (SSSR count). The van der Waals surface area contributed by atoms with Crippen molar-refractivity contribution >= 4 is 11.9 Å². The van der Waals surface area contributed by atoms with E-state index in [9.17, 15) is 19.8 Å². The molecule has 0 amide bonds. The van der Waals surface area contributed by atoms with Gasteiger partial charge < -0.3 is 29.2 Å². The number of aliphatic hydroxyl groups is 2. The molecule has 2 N–H and O–H groups in total. The molecule has 1 heterocycles. The molecule has 10 aliphatic carbocycles. The molecular formula is C37H54O8. The van der Waals surface area contributed by atoms with Gasteiger partial charge in [-0.2, -0.15) is 0 Å². The van der Waals surface area contributed by atoms with Gasteiger partial charge in [-0.15, -0.1) is 0 Å². The second-order valence-corrected chi connectivity index (χ2v) is 18.1. The van der Waals surface area contributed by atoms with Crippen LogP contribution < -0.4 is 0 Å². The van der Waals surface area contributed by atoms with Gasteiger partial charge in [0.1, 0.15) is 25.4 Å². The highest BCUT2D eigenvalue weighted by atomic mass is 16.8. The SMILES string of the molecule is CCC1(C(=O)OCC2OC3(OC2COC(=O)C24CC5CC(CC(O)(C5)C2)C4)C2CC4CC(C2)CC3C4)CC2CC(O)CC(C2)C1. The van der Waals surface area contributed by atoms with Gasteiger partial charge in [0.15, 0.2) is 5.79 Å². The average molecular weight is 627 g/mol. The first kappa shape index (κ1) is 29.9. The van der Waals surface area contributed by atoms with Crippen LogP contribution in [0.1, 0.15) is 116 Å². The molecule has 1 saturated heterocycles. The average Bonchev–Trinajstić information content (AvgIpc) is 3.34. The second kappa shape index (κ2) is 10.4. The van der Waals surface area contributed by atoms with Crippen LogP contribution in [-0.2, 0) is 28.5 Å². The second-order valence-electron chi connectivity index (χ2n) is 18.1. The summed E-state index contributed by atoms with van der Waals surface area (Å²) in [7, 11) is 0. The van der Waals surface area contributed by atoms with E-state index in [2.05, 4.69) is 6.92 Å². The molecule has 10 saturated carbocycles. The first-order valence-electron chi connectivity index (χ1n) is 18.7. The monoisotopic (exact) mass is 626 g/mol. The van der Waals surface area contributed by atoms with Crippen molar-refractivity contribution in [3.05, 3.63) is 0 Å². The molecule has 6 atom stereocenters. The predicted octanol–water partition coefficient (Wildman–Crippen LogP) is 5.31. The van der Waals surface area contributed by atoms with Gasteiger partial charge >= 0.3 is 11.9 Å². The Morgan fingerprint density at radius 2 is 1.18 bits per heavy atom. The minimum absolute atomic E-state index is 0.103. The summed E-state index contributed by atoms with van der Waals surface area (Å²) in [5, 5.41) is 21.6. The summed E-state index contributed by atoms with van der Waals surface area (Å²) in [4.78, 5) is 27.8. The highest BCUT2D eigenvalue weighted by molar-refractivity contribution is 5.78. The van der Waals surface area contributed by atoms with Gasteiger partial charge in [0.2, 0.25) is 0 Å². The maximum absolute atomic E-state index is 13.9. The molecule has 8 heteroatoms. The summed E-state index contributed by atoms with van der Waals surface area (Å²) in [6.07, 6.45) is 14.6. The summed E-state index contributed by atoms with van der Waals surface area (Å²) in [5.74, 6) is 2.78. The van der Waals surface area contributed by atoms with Crippen molar-refractivity contribution in [3.63, 3.8) is 0 Å². The molecule has 8 nitrogen and oxygen atoms in total. The normalized spacial score (nSPS) is 55.3. The van der Waals surface area contributed by atoms with E-state index < -0.39 is 34.4 Å². The van der Waals surface area contributed by atoms with Crippen molar-refractivity contribution in [2.45, 2.75) is 146 Å². The summed E-state index contributed by atoms with van der Waals surface area (Å²) in [5.41, 5.74) is -1.81. The van der Waals surface area contributed by atoms with Crippen LogP contribution >= 0.6 is 0 Å². The molecule has 11 fully saturated rings. The lowest BCUT2D eigenvalue weighted by atomic mass is 9.48. The van der Waals surface area contributed by atoms with Gasteiger partial charge in [-0.25, -0.2) is 0 Å². The fraction of sp³-hybridized carbons (Fsp3) is 0.946. The van der Waals surface area contributed by atoms with Gasteiger partial charge in [-0.05, 0) is 145 Å². The maximum atomic E-state index is 13.9. The van der Waals surface area contributed by atoms with Gasteiger partial charge in [-0.3, -0.25) is 9.59 Å². The summed E-state index contributed by atoms with van der Waals surface area (Å²) >= 11 is 0. The van der Waals surface area contributed by atoms with Gasteiger partial charge in [0.05, 0.1) is 22.5 Å². The quantitative estimate of drug-likeness (QED) is 0.366. The van der Waals surface area contributed by atoms with Crippen LogP contribution in [0, 0.1) is 58.2 Å². The molecule has 11 aliphatic rings. The minimum Gasteiger partial charge on any atom is -0.462 e. The molecular weight excluding hydrogens is 572 g/mol. The molecule has 1 aliphatic heterocycles. The van der Waals surface area contributed by atoms with Crippen LogP contribution in [0.25, 0.3) is 0 Å². The smallest absolute Gasteiger partial charge is 0.312 e. The number of ether oxygens (including phenoxy) is 4. The van der Waals surface area contributed by atoms with E-state index in [0.29, 0.717) is 41.9 Å². The zero-order chi connectivity index (χ0) is 30.8. The molecule has 0 aromatic heterocycles. The number of aliphatic hydroxyl groups excluding tert-OH is 1. The number of rotatable bonds is 7. The Hall–Kier alpha value is -1.22. The van der Waals surface area contributed by atoms with E-state index in [-0.39, 0.29) is 31.3 Å². The summed E-state index contributed by atoms with van der Waals surface area (Å²) < 4.78 is 26.3. The number of esters is 2. The van der Waals surface area contributed by atoms with E-state index in [4.69, 9.17) is 18.9 Å². The van der Waals surface area contributed by atoms with Crippen molar-refractivity contribution in [1.29, 1.82) is 0 Å². The van der Waals surface area contributed by atoms with Crippen molar-refractivity contribution in [3.8, 4) is 0 Å². The lowest BCUT2D eigenvalue weighted by molar-refractivity contribution is -0.301. The van der Waals surface area contributed by atoms with E-state index in [1.807, 2.05) is 0 Å². The Morgan fingerprint density at radius 3 is 1.71 bits per heavy atom. The number of carbonyl (C=O) groups is 2. The zero-order valence-corrected chi connectivity index (χ0v) is 27.1. The zero-order valence-electron chi connectivity index (χ0n) is 27.1. The molecule has 6 unspecified atom stereocenters. The third-order valence-electron chi connectivity index (χ3n) is 14.9. The van der Waals surface area contributed by atoms with Crippen molar-refractivity contribution in [1.82, 2.24) is 0 Å². The molecule has 0 aromatic rings. The highest BCUT2D eigenvalue weighted by Crippen LogP contribution is 2.64. The molecule has 10 bridgehead atoms. The highest BCUT2D eigenvalue weighted by Gasteiger charge is 2.65. The van der Waals surface area contributed by atoms with E-state index in [1.54, 1.807) is 0 Å². The first-order chi connectivity index (χ1) is 21.6. The molecule has 45 heavy (non-hydrogen) atoms. The topological polar surface area (TPSA) is 112 Å². The van der Waals surface area contributed by atoms with Crippen molar-refractivity contribution in [2.24, 2.45) is 58.2 Å². The van der Waals surface area contributed by atoms with Crippen LogP contribution in [0.2, 0.25) is 0 Å². The van der Waals surface area contributed by atoms with Crippen molar-refractivity contribution in [2.75, 3.05) is 13.2 Å². The van der Waals surface area contributed by atoms with Crippen molar-refractivity contribution < 1.29 is 38.7 Å². The largest absolute Gasteiger partial charge is 0.462 e. The van der Waals surface area contributed by atoms with E-state index in [1.165, 1.54) is 6.42 Å². The van der Waals surface area contributed by atoms with Crippen LogP contribution in [0.5, 0.6) is 0 Å². The van der Waals surface area contributed by atoms with Crippen LogP contribution in [0.3, 0.4) is 0 Å². The number of carbonyl (C=O) groups excluding carboxylic acids is 2. The first-order valence-corrected chi connectivity index (χ1v) is 18.7. The predicted molar refractivity (Wildman–Crippen MR) is 162 cm³/mol. The summed E-state index contributed by atoms with van der Waals surface area (Å²) in [6.45, 7) is 2.32. The van der Waals surface area contributed by atoms with Gasteiger partial charge in [0.25, 0.3) is 0 Å².